The van der Waals surface area contributed by atoms with Gasteiger partial charge in [-0.15, -0.1) is 0 Å². The molecular weight excluding hydrogens is 278 g/mol. The molecule has 5 nitrogen and oxygen atoms in total. The van der Waals surface area contributed by atoms with E-state index < -0.39 is 0 Å². The maximum atomic E-state index is 11.9. The second-order valence-corrected chi connectivity index (χ2v) is 6.03. The van der Waals surface area contributed by atoms with Crippen molar-refractivity contribution in [2.45, 2.75) is 45.8 Å². The maximum absolute atomic E-state index is 11.9. The lowest BCUT2D eigenvalue weighted by Gasteiger charge is -2.20. The zero-order chi connectivity index (χ0) is 16.4. The molecule has 0 saturated heterocycles. The number of nitrogens with two attached hydrogens (primary N) is 1. The third-order valence-corrected chi connectivity index (χ3v) is 3.40. The van der Waals surface area contributed by atoms with Gasteiger partial charge in [-0.3, -0.25) is 4.79 Å². The average molecular weight is 307 g/mol. The van der Waals surface area contributed by atoms with Gasteiger partial charge in [-0.05, 0) is 43.0 Å². The number of hydrogen-bond donors (Lipinski definition) is 4. The van der Waals surface area contributed by atoms with E-state index in [0.717, 1.165) is 24.1 Å². The molecule has 5 N–H and O–H groups in total. The summed E-state index contributed by atoms with van der Waals surface area (Å²) in [5.74, 6) is 0.448. The summed E-state index contributed by atoms with van der Waals surface area (Å²) in [5, 5.41) is 15.4. The summed E-state index contributed by atoms with van der Waals surface area (Å²) in [6.45, 7) is 5.42. The highest BCUT2D eigenvalue weighted by molar-refractivity contribution is 5.76. The van der Waals surface area contributed by atoms with Crippen LogP contribution in [0.5, 0.6) is 0 Å². The summed E-state index contributed by atoms with van der Waals surface area (Å²) in [7, 11) is 0. The van der Waals surface area contributed by atoms with Crippen molar-refractivity contribution in [3.63, 3.8) is 0 Å². The van der Waals surface area contributed by atoms with Crippen LogP contribution in [0.3, 0.4) is 0 Å². The van der Waals surface area contributed by atoms with E-state index >= 15 is 0 Å². The fourth-order valence-electron chi connectivity index (χ4n) is 2.22. The maximum Gasteiger partial charge on any atom is 0.220 e. The van der Waals surface area contributed by atoms with Gasteiger partial charge in [0.25, 0.3) is 0 Å². The zero-order valence-corrected chi connectivity index (χ0v) is 13.6. The highest BCUT2D eigenvalue weighted by Gasteiger charge is 2.13. The molecule has 0 spiro atoms. The molecule has 1 amide bonds. The van der Waals surface area contributed by atoms with Crippen LogP contribution in [0.2, 0.25) is 0 Å². The number of carbonyl (C=O) groups is 1. The number of amides is 1. The van der Waals surface area contributed by atoms with Crippen molar-refractivity contribution in [1.29, 1.82) is 0 Å². The Morgan fingerprint density at radius 1 is 1.27 bits per heavy atom. The van der Waals surface area contributed by atoms with Gasteiger partial charge in [-0.1, -0.05) is 26.0 Å². The van der Waals surface area contributed by atoms with E-state index in [1.165, 1.54) is 0 Å². The van der Waals surface area contributed by atoms with Crippen LogP contribution < -0.4 is 16.4 Å². The first-order chi connectivity index (χ1) is 10.5. The molecule has 0 aliphatic carbocycles. The molecule has 1 unspecified atom stereocenters. The molecule has 0 heterocycles. The number of nitrogens with one attached hydrogen (secondary N) is 2. The molecule has 5 heteroatoms. The summed E-state index contributed by atoms with van der Waals surface area (Å²) < 4.78 is 0. The summed E-state index contributed by atoms with van der Waals surface area (Å²) in [5.41, 5.74) is 7.44. The summed E-state index contributed by atoms with van der Waals surface area (Å²) in [6, 6.07) is 7.71. The van der Waals surface area contributed by atoms with Crippen LogP contribution >= 0.6 is 0 Å². The standard InChI is InChI=1S/C17H29N3O2/c1-13(2)10-17(22)20-16(4-3-9-18)11-19-15-7-5-14(12-21)6-8-15/h5-8,13,16,19,21H,3-4,9-12,18H2,1-2H3,(H,20,22). The van der Waals surface area contributed by atoms with E-state index in [-0.39, 0.29) is 18.6 Å². The normalized spacial score (nSPS) is 12.2. The summed E-state index contributed by atoms with van der Waals surface area (Å²) in [4.78, 5) is 11.9. The van der Waals surface area contributed by atoms with Gasteiger partial charge in [-0.2, -0.15) is 0 Å². The molecule has 1 atom stereocenters. The van der Waals surface area contributed by atoms with Crippen molar-refractivity contribution >= 4 is 11.6 Å². The minimum Gasteiger partial charge on any atom is -0.392 e. The Bertz CT molecular complexity index is 432. The van der Waals surface area contributed by atoms with Crippen molar-refractivity contribution in [2.75, 3.05) is 18.4 Å². The van der Waals surface area contributed by atoms with Crippen LogP contribution in [0, 0.1) is 5.92 Å². The monoisotopic (exact) mass is 307 g/mol. The van der Waals surface area contributed by atoms with Gasteiger partial charge in [0.1, 0.15) is 0 Å². The molecule has 22 heavy (non-hydrogen) atoms. The van der Waals surface area contributed by atoms with E-state index in [1.807, 2.05) is 38.1 Å². The molecule has 0 aliphatic heterocycles. The first-order valence-electron chi connectivity index (χ1n) is 7.98. The van der Waals surface area contributed by atoms with Gasteiger partial charge in [0.05, 0.1) is 6.61 Å². The Hall–Kier alpha value is -1.59. The SMILES string of the molecule is CC(C)CC(=O)NC(CCCN)CNc1ccc(CO)cc1. The number of hydrogen-bond acceptors (Lipinski definition) is 4. The van der Waals surface area contributed by atoms with E-state index in [2.05, 4.69) is 10.6 Å². The molecule has 0 bridgehead atoms. The van der Waals surface area contributed by atoms with Crippen LogP contribution in [-0.2, 0) is 11.4 Å². The van der Waals surface area contributed by atoms with Gasteiger partial charge >= 0.3 is 0 Å². The van der Waals surface area contributed by atoms with Crippen LogP contribution in [0.4, 0.5) is 5.69 Å². The zero-order valence-electron chi connectivity index (χ0n) is 13.6. The van der Waals surface area contributed by atoms with Gasteiger partial charge in [0.2, 0.25) is 5.91 Å². The Labute approximate surface area is 133 Å². The lowest BCUT2D eigenvalue weighted by molar-refractivity contribution is -0.122. The fraction of sp³-hybridized carbons (Fsp3) is 0.588. The Balaban J connectivity index is 2.50. The smallest absolute Gasteiger partial charge is 0.220 e. The van der Waals surface area contributed by atoms with Crippen LogP contribution in [-0.4, -0.2) is 30.1 Å². The molecule has 1 aromatic carbocycles. The van der Waals surface area contributed by atoms with E-state index in [4.69, 9.17) is 10.8 Å². The molecule has 1 aromatic rings. The van der Waals surface area contributed by atoms with Crippen LogP contribution in [0.1, 0.15) is 38.7 Å². The van der Waals surface area contributed by atoms with Gasteiger partial charge in [0, 0.05) is 24.7 Å². The van der Waals surface area contributed by atoms with Crippen molar-refractivity contribution in [3.05, 3.63) is 29.8 Å². The lowest BCUT2D eigenvalue weighted by Crippen LogP contribution is -2.40. The van der Waals surface area contributed by atoms with Crippen molar-refractivity contribution in [1.82, 2.24) is 5.32 Å². The Morgan fingerprint density at radius 2 is 1.95 bits per heavy atom. The number of aliphatic hydroxyl groups excluding tert-OH is 1. The predicted molar refractivity (Wildman–Crippen MR) is 90.5 cm³/mol. The molecule has 1 rings (SSSR count). The van der Waals surface area contributed by atoms with Crippen molar-refractivity contribution < 1.29 is 9.90 Å². The van der Waals surface area contributed by atoms with E-state index in [0.29, 0.717) is 25.4 Å². The minimum atomic E-state index is 0.0463. The second-order valence-electron chi connectivity index (χ2n) is 6.03. The van der Waals surface area contributed by atoms with Gasteiger partial charge in [-0.25, -0.2) is 0 Å². The molecule has 0 saturated carbocycles. The molecule has 0 radical (unpaired) electrons. The summed E-state index contributed by atoms with van der Waals surface area (Å²) >= 11 is 0. The van der Waals surface area contributed by atoms with Crippen molar-refractivity contribution in [2.24, 2.45) is 11.7 Å². The third kappa shape index (κ3) is 7.43. The number of rotatable bonds is 10. The molecule has 0 fully saturated rings. The molecule has 124 valence electrons. The van der Waals surface area contributed by atoms with E-state index in [1.54, 1.807) is 0 Å². The first kappa shape index (κ1) is 18.5. The number of carbonyl (C=O) groups excluding carboxylic acids is 1. The Kier molecular flexibility index (Phi) is 8.55. The Morgan fingerprint density at radius 3 is 2.50 bits per heavy atom. The third-order valence-electron chi connectivity index (χ3n) is 3.40. The largest absolute Gasteiger partial charge is 0.392 e. The highest BCUT2D eigenvalue weighted by Crippen LogP contribution is 2.10. The fourth-order valence-corrected chi connectivity index (χ4v) is 2.22. The van der Waals surface area contributed by atoms with Crippen LogP contribution in [0.15, 0.2) is 24.3 Å². The lowest BCUT2D eigenvalue weighted by atomic mass is 10.1. The minimum absolute atomic E-state index is 0.0463. The van der Waals surface area contributed by atoms with Crippen molar-refractivity contribution in [3.8, 4) is 0 Å². The van der Waals surface area contributed by atoms with E-state index in [9.17, 15) is 4.79 Å². The second kappa shape index (κ2) is 10.2. The number of anilines is 1. The van der Waals surface area contributed by atoms with Gasteiger partial charge < -0.3 is 21.5 Å². The highest BCUT2D eigenvalue weighted by atomic mass is 16.3. The topological polar surface area (TPSA) is 87.4 Å². The number of benzene rings is 1. The molecule has 0 aromatic heterocycles. The summed E-state index contributed by atoms with van der Waals surface area (Å²) in [6.07, 6.45) is 2.30. The average Bonchev–Trinajstić information content (AvgIpc) is 2.49. The predicted octanol–water partition coefficient (Wildman–Crippen LogP) is 1.86. The molecular formula is C17H29N3O2. The number of aliphatic hydroxyl groups is 1. The van der Waals surface area contributed by atoms with Crippen LogP contribution in [0.25, 0.3) is 0 Å². The quantitative estimate of drug-likeness (QED) is 0.531. The molecule has 0 aliphatic rings. The first-order valence-corrected chi connectivity index (χ1v) is 7.98. The van der Waals surface area contributed by atoms with Gasteiger partial charge in [0.15, 0.2) is 0 Å².